The van der Waals surface area contributed by atoms with Gasteiger partial charge in [0.1, 0.15) is 5.76 Å². The molecule has 3 N–H and O–H groups in total. The van der Waals surface area contributed by atoms with E-state index in [0.29, 0.717) is 12.2 Å². The van der Waals surface area contributed by atoms with Crippen LogP contribution in [0.5, 0.6) is 0 Å². The van der Waals surface area contributed by atoms with Crippen molar-refractivity contribution in [3.63, 3.8) is 0 Å². The highest BCUT2D eigenvalue weighted by Gasteiger charge is 2.33. The molecular formula is C21H21N3O2. The summed E-state index contributed by atoms with van der Waals surface area (Å²) < 4.78 is 0. The highest BCUT2D eigenvalue weighted by Crippen LogP contribution is 2.30. The number of amides is 1. The quantitative estimate of drug-likeness (QED) is 0.798. The molecule has 0 spiro atoms. The van der Waals surface area contributed by atoms with Crippen LogP contribution in [0.15, 0.2) is 70.9 Å². The van der Waals surface area contributed by atoms with Crippen LogP contribution in [0.2, 0.25) is 0 Å². The Bertz CT molecular complexity index is 874. The summed E-state index contributed by atoms with van der Waals surface area (Å²) in [5, 5.41) is 16.8. The molecule has 1 fully saturated rings. The molecule has 2 aliphatic heterocycles. The summed E-state index contributed by atoms with van der Waals surface area (Å²) >= 11 is 0. The number of nitrogens with one attached hydrogen (secondary N) is 2. The summed E-state index contributed by atoms with van der Waals surface area (Å²) in [4.78, 5) is 17.3. The number of fused-ring (bicyclic) bond motifs is 1. The minimum absolute atomic E-state index is 0.0596. The van der Waals surface area contributed by atoms with Crippen LogP contribution in [0.3, 0.4) is 0 Å². The van der Waals surface area contributed by atoms with Crippen molar-refractivity contribution in [3.8, 4) is 11.1 Å². The molecule has 4 rings (SSSR count). The van der Waals surface area contributed by atoms with Gasteiger partial charge in [-0.05, 0) is 24.6 Å². The number of piperidine rings is 1. The Labute approximate surface area is 152 Å². The largest absolute Gasteiger partial charge is 0.511 e. The number of benzene rings is 2. The van der Waals surface area contributed by atoms with Gasteiger partial charge in [0.15, 0.2) is 0 Å². The molecule has 2 aromatic carbocycles. The molecule has 1 amide bonds. The molecule has 0 aromatic heterocycles. The summed E-state index contributed by atoms with van der Waals surface area (Å²) in [6, 6.07) is 17.6. The van der Waals surface area contributed by atoms with Crippen LogP contribution in [0, 0.1) is 5.92 Å². The Morgan fingerprint density at radius 3 is 2.73 bits per heavy atom. The van der Waals surface area contributed by atoms with Gasteiger partial charge in [0.2, 0.25) is 0 Å². The molecule has 5 heteroatoms. The molecule has 2 atom stereocenters. The number of nitrogens with zero attached hydrogens (tertiary/aromatic N) is 1. The third kappa shape index (κ3) is 3.13. The third-order valence-corrected chi connectivity index (χ3v) is 4.97. The summed E-state index contributed by atoms with van der Waals surface area (Å²) in [7, 11) is 0. The van der Waals surface area contributed by atoms with Crippen molar-refractivity contribution in [1.82, 2.24) is 5.32 Å². The van der Waals surface area contributed by atoms with Crippen LogP contribution in [0.25, 0.3) is 11.1 Å². The van der Waals surface area contributed by atoms with E-state index < -0.39 is 0 Å². The number of hydrogen-bond acceptors (Lipinski definition) is 4. The molecule has 0 radical (unpaired) electrons. The first-order valence-corrected chi connectivity index (χ1v) is 8.87. The molecular weight excluding hydrogens is 326 g/mol. The lowest BCUT2D eigenvalue weighted by Gasteiger charge is -2.32. The summed E-state index contributed by atoms with van der Waals surface area (Å²) in [6.07, 6.45) is 2.39. The number of anilines is 1. The number of dihydropyridines is 1. The minimum atomic E-state index is -0.335. The predicted octanol–water partition coefficient (Wildman–Crippen LogP) is 3.17. The Morgan fingerprint density at radius 1 is 1.12 bits per heavy atom. The second kappa shape index (κ2) is 7.14. The van der Waals surface area contributed by atoms with Crippen molar-refractivity contribution in [2.24, 2.45) is 10.9 Å². The van der Waals surface area contributed by atoms with E-state index >= 15 is 0 Å². The number of rotatable bonds is 3. The van der Waals surface area contributed by atoms with Crippen molar-refractivity contribution in [3.05, 3.63) is 65.9 Å². The molecule has 1 saturated heterocycles. The van der Waals surface area contributed by atoms with E-state index in [0.717, 1.165) is 24.1 Å². The Kier molecular flexibility index (Phi) is 4.54. The van der Waals surface area contributed by atoms with Crippen LogP contribution < -0.4 is 10.6 Å². The number of carbonyl (C=O) groups is 1. The average Bonchev–Trinajstić information content (AvgIpc) is 2.69. The van der Waals surface area contributed by atoms with Crippen molar-refractivity contribution in [2.75, 3.05) is 18.4 Å². The van der Waals surface area contributed by atoms with Crippen LogP contribution in [-0.4, -0.2) is 36.4 Å². The lowest BCUT2D eigenvalue weighted by Crippen LogP contribution is -2.42. The van der Waals surface area contributed by atoms with Gasteiger partial charge < -0.3 is 15.7 Å². The molecule has 2 heterocycles. The lowest BCUT2D eigenvalue weighted by atomic mass is 9.87. The number of aliphatic imine (C=N–C) groups is 1. The molecule has 132 valence electrons. The standard InChI is InChI=1S/C21H21N3O2/c25-20-16-12-22-11-10-18(16)23-13-17(20)21(26)24-19-9-5-4-8-15(19)14-6-2-1-3-7-14/h1-9,13,16,18,22,25H,10-12H2,(H,24,26). The summed E-state index contributed by atoms with van der Waals surface area (Å²) in [5.41, 5.74) is 2.92. The molecule has 2 unspecified atom stereocenters. The number of para-hydroxylation sites is 1. The van der Waals surface area contributed by atoms with Gasteiger partial charge in [-0.25, -0.2) is 0 Å². The van der Waals surface area contributed by atoms with Gasteiger partial charge in [-0.1, -0.05) is 48.5 Å². The smallest absolute Gasteiger partial charge is 0.260 e. The minimum Gasteiger partial charge on any atom is -0.511 e. The highest BCUT2D eigenvalue weighted by atomic mass is 16.3. The van der Waals surface area contributed by atoms with Crippen molar-refractivity contribution < 1.29 is 9.90 Å². The molecule has 2 aliphatic rings. The van der Waals surface area contributed by atoms with Gasteiger partial charge in [-0.15, -0.1) is 0 Å². The van der Waals surface area contributed by atoms with E-state index in [2.05, 4.69) is 15.6 Å². The normalized spacial score (nSPS) is 22.0. The van der Waals surface area contributed by atoms with Gasteiger partial charge in [0.25, 0.3) is 5.91 Å². The summed E-state index contributed by atoms with van der Waals surface area (Å²) in [5.74, 6) is -0.329. The molecule has 2 aromatic rings. The van der Waals surface area contributed by atoms with Gasteiger partial charge in [-0.2, -0.15) is 0 Å². The zero-order valence-corrected chi connectivity index (χ0v) is 14.4. The maximum atomic E-state index is 12.8. The first kappa shape index (κ1) is 16.5. The SMILES string of the molecule is O=C(Nc1ccccc1-c1ccccc1)C1=C(O)C2CNCCC2N=C1. The first-order chi connectivity index (χ1) is 12.7. The predicted molar refractivity (Wildman–Crippen MR) is 103 cm³/mol. The van der Waals surface area contributed by atoms with Crippen molar-refractivity contribution in [2.45, 2.75) is 12.5 Å². The fourth-order valence-corrected chi connectivity index (χ4v) is 3.56. The van der Waals surface area contributed by atoms with E-state index in [1.54, 1.807) is 0 Å². The molecule has 26 heavy (non-hydrogen) atoms. The monoisotopic (exact) mass is 347 g/mol. The Balaban J connectivity index is 1.61. The topological polar surface area (TPSA) is 73.7 Å². The average molecular weight is 347 g/mol. The zero-order chi connectivity index (χ0) is 17.9. The number of hydrogen-bond donors (Lipinski definition) is 3. The van der Waals surface area contributed by atoms with Gasteiger partial charge in [0, 0.05) is 24.0 Å². The molecule has 0 aliphatic carbocycles. The maximum Gasteiger partial charge on any atom is 0.260 e. The first-order valence-electron chi connectivity index (χ1n) is 8.87. The highest BCUT2D eigenvalue weighted by molar-refractivity contribution is 6.19. The van der Waals surface area contributed by atoms with Gasteiger partial charge in [-0.3, -0.25) is 9.79 Å². The Hall–Kier alpha value is -2.92. The number of carbonyl (C=O) groups excluding carboxylic acids is 1. The second-order valence-electron chi connectivity index (χ2n) is 6.61. The van der Waals surface area contributed by atoms with Crippen molar-refractivity contribution in [1.29, 1.82) is 0 Å². The number of aliphatic hydroxyl groups is 1. The van der Waals surface area contributed by atoms with Gasteiger partial charge >= 0.3 is 0 Å². The summed E-state index contributed by atoms with van der Waals surface area (Å²) in [6.45, 7) is 1.53. The van der Waals surface area contributed by atoms with Crippen LogP contribution in [0.1, 0.15) is 6.42 Å². The van der Waals surface area contributed by atoms with Crippen LogP contribution in [-0.2, 0) is 4.79 Å². The van der Waals surface area contributed by atoms with Crippen LogP contribution in [0.4, 0.5) is 5.69 Å². The van der Waals surface area contributed by atoms with E-state index in [-0.39, 0.29) is 29.2 Å². The third-order valence-electron chi connectivity index (χ3n) is 4.97. The fourth-order valence-electron chi connectivity index (χ4n) is 3.56. The zero-order valence-electron chi connectivity index (χ0n) is 14.4. The molecule has 5 nitrogen and oxygen atoms in total. The van der Waals surface area contributed by atoms with E-state index in [9.17, 15) is 9.90 Å². The fraction of sp³-hybridized carbons (Fsp3) is 0.238. The van der Waals surface area contributed by atoms with E-state index in [1.807, 2.05) is 54.6 Å². The van der Waals surface area contributed by atoms with Crippen molar-refractivity contribution >= 4 is 17.8 Å². The van der Waals surface area contributed by atoms with E-state index in [1.165, 1.54) is 6.21 Å². The van der Waals surface area contributed by atoms with E-state index in [4.69, 9.17) is 0 Å². The van der Waals surface area contributed by atoms with Gasteiger partial charge in [0.05, 0.1) is 17.5 Å². The maximum absolute atomic E-state index is 12.8. The second-order valence-corrected chi connectivity index (χ2v) is 6.61. The molecule has 0 bridgehead atoms. The molecule has 0 saturated carbocycles. The van der Waals surface area contributed by atoms with Crippen LogP contribution >= 0.6 is 0 Å². The lowest BCUT2D eigenvalue weighted by molar-refractivity contribution is -0.112. The number of aliphatic hydroxyl groups excluding tert-OH is 1. The Morgan fingerprint density at radius 2 is 1.88 bits per heavy atom.